The fraction of sp³-hybridized carbons (Fsp3) is 0. The quantitative estimate of drug-likeness (QED) is 0.767. The molecule has 0 atom stereocenters. The Morgan fingerprint density at radius 3 is 2.57 bits per heavy atom. The fourth-order valence-electron chi connectivity index (χ4n) is 1.05. The van der Waals surface area contributed by atoms with Crippen molar-refractivity contribution in [2.24, 2.45) is 0 Å². The standard InChI is InChI=1S/C10H8ClN3/c11-10-8(4-3-7-13-10)14-9-5-1-2-6-12-9/h1-7H,(H,12,14). The molecule has 70 valence electrons. The Hall–Kier alpha value is -1.61. The molecule has 0 unspecified atom stereocenters. The summed E-state index contributed by atoms with van der Waals surface area (Å²) in [6, 6.07) is 9.29. The van der Waals surface area contributed by atoms with Crippen LogP contribution in [-0.4, -0.2) is 9.97 Å². The van der Waals surface area contributed by atoms with Crippen molar-refractivity contribution in [3.63, 3.8) is 0 Å². The minimum Gasteiger partial charge on any atom is -0.338 e. The van der Waals surface area contributed by atoms with Crippen molar-refractivity contribution in [3.05, 3.63) is 47.9 Å². The second-order valence-electron chi connectivity index (χ2n) is 2.68. The summed E-state index contributed by atoms with van der Waals surface area (Å²) in [5.41, 5.74) is 0.757. The Labute approximate surface area is 86.8 Å². The summed E-state index contributed by atoms with van der Waals surface area (Å²) < 4.78 is 0. The highest BCUT2D eigenvalue weighted by molar-refractivity contribution is 6.32. The molecule has 0 bridgehead atoms. The SMILES string of the molecule is Clc1ncccc1Nc1ccccn1. The number of nitrogens with one attached hydrogen (secondary N) is 1. The van der Waals surface area contributed by atoms with Gasteiger partial charge in [-0.05, 0) is 24.3 Å². The zero-order valence-corrected chi connectivity index (χ0v) is 8.07. The molecule has 0 aliphatic rings. The average molecular weight is 206 g/mol. The van der Waals surface area contributed by atoms with E-state index in [1.54, 1.807) is 12.4 Å². The maximum absolute atomic E-state index is 5.87. The molecule has 0 radical (unpaired) electrons. The van der Waals surface area contributed by atoms with Crippen LogP contribution in [0.5, 0.6) is 0 Å². The zero-order valence-electron chi connectivity index (χ0n) is 7.31. The van der Waals surface area contributed by atoms with Crippen LogP contribution in [0, 0.1) is 0 Å². The van der Waals surface area contributed by atoms with Gasteiger partial charge in [0.15, 0.2) is 5.15 Å². The molecule has 1 N–H and O–H groups in total. The van der Waals surface area contributed by atoms with E-state index in [-0.39, 0.29) is 0 Å². The van der Waals surface area contributed by atoms with Crippen molar-refractivity contribution in [1.82, 2.24) is 9.97 Å². The molecular weight excluding hydrogens is 198 g/mol. The molecule has 0 aromatic carbocycles. The van der Waals surface area contributed by atoms with Gasteiger partial charge in [-0.2, -0.15) is 0 Å². The van der Waals surface area contributed by atoms with Crippen LogP contribution in [0.1, 0.15) is 0 Å². The summed E-state index contributed by atoms with van der Waals surface area (Å²) in [7, 11) is 0. The predicted octanol–water partition coefficient (Wildman–Crippen LogP) is 2.87. The number of pyridine rings is 2. The monoisotopic (exact) mass is 205 g/mol. The highest BCUT2D eigenvalue weighted by Gasteiger charge is 1.99. The highest BCUT2D eigenvalue weighted by Crippen LogP contribution is 2.20. The molecule has 2 heterocycles. The summed E-state index contributed by atoms with van der Waals surface area (Å²) in [6.07, 6.45) is 3.36. The van der Waals surface area contributed by atoms with Gasteiger partial charge in [0.25, 0.3) is 0 Å². The fourth-order valence-corrected chi connectivity index (χ4v) is 1.22. The molecule has 2 rings (SSSR count). The molecule has 0 spiro atoms. The molecule has 0 aliphatic carbocycles. The maximum Gasteiger partial charge on any atom is 0.152 e. The first-order chi connectivity index (χ1) is 6.86. The van der Waals surface area contributed by atoms with E-state index in [0.29, 0.717) is 5.15 Å². The normalized spacial score (nSPS) is 9.79. The lowest BCUT2D eigenvalue weighted by Crippen LogP contribution is -1.93. The molecule has 2 aromatic rings. The van der Waals surface area contributed by atoms with Crippen molar-refractivity contribution in [2.45, 2.75) is 0 Å². The molecule has 2 aromatic heterocycles. The van der Waals surface area contributed by atoms with Crippen molar-refractivity contribution < 1.29 is 0 Å². The second kappa shape index (κ2) is 4.07. The van der Waals surface area contributed by atoms with Crippen LogP contribution < -0.4 is 5.32 Å². The van der Waals surface area contributed by atoms with E-state index in [2.05, 4.69) is 15.3 Å². The third kappa shape index (κ3) is 2.00. The van der Waals surface area contributed by atoms with E-state index >= 15 is 0 Å². The van der Waals surface area contributed by atoms with Crippen LogP contribution in [0.25, 0.3) is 0 Å². The number of nitrogens with zero attached hydrogens (tertiary/aromatic N) is 2. The first-order valence-electron chi connectivity index (χ1n) is 4.15. The van der Waals surface area contributed by atoms with E-state index in [4.69, 9.17) is 11.6 Å². The number of halogens is 1. The summed E-state index contributed by atoms with van der Waals surface area (Å²) in [6.45, 7) is 0. The summed E-state index contributed by atoms with van der Waals surface area (Å²) >= 11 is 5.87. The van der Waals surface area contributed by atoms with Gasteiger partial charge in [0.05, 0.1) is 5.69 Å². The number of anilines is 2. The minimum absolute atomic E-state index is 0.443. The Morgan fingerprint density at radius 2 is 1.86 bits per heavy atom. The lowest BCUT2D eigenvalue weighted by atomic mass is 10.4. The average Bonchev–Trinajstić information content (AvgIpc) is 2.23. The van der Waals surface area contributed by atoms with Crippen LogP contribution in [-0.2, 0) is 0 Å². The van der Waals surface area contributed by atoms with E-state index in [1.807, 2.05) is 30.3 Å². The zero-order chi connectivity index (χ0) is 9.80. The number of aromatic nitrogens is 2. The van der Waals surface area contributed by atoms with Gasteiger partial charge in [0, 0.05) is 12.4 Å². The van der Waals surface area contributed by atoms with Crippen molar-refractivity contribution in [2.75, 3.05) is 5.32 Å². The Bertz CT molecular complexity index is 417. The topological polar surface area (TPSA) is 37.8 Å². The minimum atomic E-state index is 0.443. The van der Waals surface area contributed by atoms with Crippen LogP contribution in [0.3, 0.4) is 0 Å². The van der Waals surface area contributed by atoms with Gasteiger partial charge >= 0.3 is 0 Å². The number of hydrogen-bond donors (Lipinski definition) is 1. The van der Waals surface area contributed by atoms with E-state index in [0.717, 1.165) is 11.5 Å². The smallest absolute Gasteiger partial charge is 0.152 e. The van der Waals surface area contributed by atoms with Gasteiger partial charge in [-0.15, -0.1) is 0 Å². The molecule has 0 fully saturated rings. The van der Waals surface area contributed by atoms with E-state index < -0.39 is 0 Å². The first-order valence-corrected chi connectivity index (χ1v) is 4.52. The van der Waals surface area contributed by atoms with Crippen LogP contribution >= 0.6 is 11.6 Å². The summed E-state index contributed by atoms with van der Waals surface area (Å²) in [4.78, 5) is 8.07. The van der Waals surface area contributed by atoms with E-state index in [1.165, 1.54) is 0 Å². The largest absolute Gasteiger partial charge is 0.338 e. The number of rotatable bonds is 2. The van der Waals surface area contributed by atoms with Gasteiger partial charge < -0.3 is 5.32 Å². The van der Waals surface area contributed by atoms with Crippen molar-refractivity contribution in [1.29, 1.82) is 0 Å². The third-order valence-electron chi connectivity index (χ3n) is 1.69. The van der Waals surface area contributed by atoms with Gasteiger partial charge in [-0.3, -0.25) is 0 Å². The predicted molar refractivity (Wildman–Crippen MR) is 56.8 cm³/mol. The first kappa shape index (κ1) is 8.97. The molecule has 0 saturated heterocycles. The van der Waals surface area contributed by atoms with Crippen LogP contribution in [0.4, 0.5) is 11.5 Å². The lowest BCUT2D eigenvalue weighted by Gasteiger charge is -2.05. The highest BCUT2D eigenvalue weighted by atomic mass is 35.5. The Kier molecular flexibility index (Phi) is 2.60. The molecule has 0 amide bonds. The summed E-state index contributed by atoms with van der Waals surface area (Å²) in [5, 5.41) is 3.51. The van der Waals surface area contributed by atoms with Crippen molar-refractivity contribution >= 4 is 23.1 Å². The molecule has 3 nitrogen and oxygen atoms in total. The van der Waals surface area contributed by atoms with Crippen LogP contribution in [0.2, 0.25) is 5.15 Å². The van der Waals surface area contributed by atoms with Crippen LogP contribution in [0.15, 0.2) is 42.7 Å². The van der Waals surface area contributed by atoms with Gasteiger partial charge in [-0.25, -0.2) is 9.97 Å². The lowest BCUT2D eigenvalue weighted by molar-refractivity contribution is 1.28. The maximum atomic E-state index is 5.87. The Morgan fingerprint density at radius 1 is 1.00 bits per heavy atom. The van der Waals surface area contributed by atoms with Gasteiger partial charge in [-0.1, -0.05) is 17.7 Å². The van der Waals surface area contributed by atoms with Gasteiger partial charge in [0.1, 0.15) is 5.82 Å². The molecule has 0 aliphatic heterocycles. The third-order valence-corrected chi connectivity index (χ3v) is 1.99. The molecule has 4 heteroatoms. The molecule has 14 heavy (non-hydrogen) atoms. The second-order valence-corrected chi connectivity index (χ2v) is 3.04. The number of hydrogen-bond acceptors (Lipinski definition) is 3. The molecule has 0 saturated carbocycles. The Balaban J connectivity index is 2.24. The van der Waals surface area contributed by atoms with E-state index in [9.17, 15) is 0 Å². The van der Waals surface area contributed by atoms with Crippen molar-refractivity contribution in [3.8, 4) is 0 Å². The molecular formula is C10H8ClN3. The summed E-state index contributed by atoms with van der Waals surface area (Å²) in [5.74, 6) is 0.752. The van der Waals surface area contributed by atoms with Gasteiger partial charge in [0.2, 0.25) is 0 Å².